The zero-order valence-electron chi connectivity index (χ0n) is 12.7. The summed E-state index contributed by atoms with van der Waals surface area (Å²) in [5, 5.41) is 12.1. The van der Waals surface area contributed by atoms with Gasteiger partial charge in [-0.3, -0.25) is 10.1 Å². The molecule has 0 bridgehead atoms. The van der Waals surface area contributed by atoms with E-state index in [0.29, 0.717) is 10.9 Å². The van der Waals surface area contributed by atoms with Crippen molar-refractivity contribution >= 4 is 28.5 Å². The largest absolute Gasteiger partial charge is 0.496 e. The molecule has 7 heteroatoms. The highest BCUT2D eigenvalue weighted by Gasteiger charge is 2.22. The Hall–Kier alpha value is -2.25. The van der Waals surface area contributed by atoms with Crippen molar-refractivity contribution in [2.75, 3.05) is 19.0 Å². The molecule has 0 aliphatic carbocycles. The second kappa shape index (κ2) is 7.34. The second-order valence-corrected chi connectivity index (χ2v) is 6.02. The first-order chi connectivity index (χ1) is 11.3. The number of amides is 1. The zero-order chi connectivity index (χ0) is 16.1. The number of ether oxygens (including phenoxy) is 2. The van der Waals surface area contributed by atoms with Crippen LogP contribution in [-0.4, -0.2) is 29.8 Å². The SMILES string of the molecule is COc1ccccc1C=CC(=O)Nc1nnc(C2CCCO2)s1. The normalized spacial score (nSPS) is 17.5. The summed E-state index contributed by atoms with van der Waals surface area (Å²) in [7, 11) is 1.60. The molecule has 1 amide bonds. The van der Waals surface area contributed by atoms with Gasteiger partial charge in [0, 0.05) is 18.2 Å². The van der Waals surface area contributed by atoms with E-state index in [1.54, 1.807) is 13.2 Å². The van der Waals surface area contributed by atoms with Gasteiger partial charge in [-0.15, -0.1) is 10.2 Å². The third kappa shape index (κ3) is 3.94. The highest BCUT2D eigenvalue weighted by Crippen LogP contribution is 2.31. The fraction of sp³-hybridized carbons (Fsp3) is 0.312. The van der Waals surface area contributed by atoms with E-state index in [-0.39, 0.29) is 12.0 Å². The number of methoxy groups -OCH3 is 1. The number of anilines is 1. The monoisotopic (exact) mass is 331 g/mol. The number of rotatable bonds is 5. The Balaban J connectivity index is 1.62. The number of hydrogen-bond donors (Lipinski definition) is 1. The van der Waals surface area contributed by atoms with Crippen molar-refractivity contribution in [3.05, 3.63) is 40.9 Å². The lowest BCUT2D eigenvalue weighted by Gasteiger charge is -2.03. The van der Waals surface area contributed by atoms with Crippen LogP contribution >= 0.6 is 11.3 Å². The van der Waals surface area contributed by atoms with Crippen molar-refractivity contribution in [2.24, 2.45) is 0 Å². The van der Waals surface area contributed by atoms with Gasteiger partial charge in [-0.2, -0.15) is 0 Å². The van der Waals surface area contributed by atoms with Crippen LogP contribution in [0.4, 0.5) is 5.13 Å². The van der Waals surface area contributed by atoms with Crippen LogP contribution in [0.15, 0.2) is 30.3 Å². The van der Waals surface area contributed by atoms with Gasteiger partial charge in [-0.1, -0.05) is 29.5 Å². The Bertz CT molecular complexity index is 708. The summed E-state index contributed by atoms with van der Waals surface area (Å²) < 4.78 is 10.8. The molecule has 1 N–H and O–H groups in total. The van der Waals surface area contributed by atoms with Crippen LogP contribution in [-0.2, 0) is 9.53 Å². The summed E-state index contributed by atoms with van der Waals surface area (Å²) in [5.41, 5.74) is 0.836. The molecular weight excluding hydrogens is 314 g/mol. The smallest absolute Gasteiger partial charge is 0.250 e. The lowest BCUT2D eigenvalue weighted by Crippen LogP contribution is -2.07. The van der Waals surface area contributed by atoms with E-state index < -0.39 is 0 Å². The summed E-state index contributed by atoms with van der Waals surface area (Å²) in [5.74, 6) is 0.457. The van der Waals surface area contributed by atoms with E-state index in [2.05, 4.69) is 15.5 Å². The average molecular weight is 331 g/mol. The first kappa shape index (κ1) is 15.6. The topological polar surface area (TPSA) is 73.3 Å². The third-order valence-corrected chi connectivity index (χ3v) is 4.36. The maximum absolute atomic E-state index is 12.0. The Morgan fingerprint density at radius 3 is 3.09 bits per heavy atom. The molecule has 1 aromatic carbocycles. The minimum atomic E-state index is -0.258. The van der Waals surface area contributed by atoms with E-state index >= 15 is 0 Å². The number of carbonyl (C=O) groups excluding carboxylic acids is 1. The molecule has 1 aliphatic heterocycles. The molecule has 0 saturated carbocycles. The molecule has 1 saturated heterocycles. The molecule has 1 aliphatic rings. The summed E-state index contributed by atoms with van der Waals surface area (Å²) in [4.78, 5) is 12.0. The Morgan fingerprint density at radius 1 is 1.43 bits per heavy atom. The number of aromatic nitrogens is 2. The number of benzene rings is 1. The molecule has 1 aromatic heterocycles. The van der Waals surface area contributed by atoms with Gasteiger partial charge in [-0.05, 0) is 25.0 Å². The standard InChI is InChI=1S/C16H17N3O3S/c1-21-12-6-3-2-5-11(12)8-9-14(20)17-16-19-18-15(23-16)13-7-4-10-22-13/h2-3,5-6,8-9,13H,4,7,10H2,1H3,(H,17,19,20). The first-order valence-electron chi connectivity index (χ1n) is 7.33. The Labute approximate surface area is 138 Å². The predicted octanol–water partition coefficient (Wildman–Crippen LogP) is 3.05. The van der Waals surface area contributed by atoms with Gasteiger partial charge in [0.25, 0.3) is 0 Å². The van der Waals surface area contributed by atoms with Crippen molar-refractivity contribution < 1.29 is 14.3 Å². The van der Waals surface area contributed by atoms with Crippen LogP contribution in [0.25, 0.3) is 6.08 Å². The Kier molecular flexibility index (Phi) is 4.99. The predicted molar refractivity (Wildman–Crippen MR) is 88.5 cm³/mol. The van der Waals surface area contributed by atoms with E-state index in [0.717, 1.165) is 30.0 Å². The lowest BCUT2D eigenvalue weighted by atomic mass is 10.2. The molecular formula is C16H17N3O3S. The van der Waals surface area contributed by atoms with Crippen LogP contribution < -0.4 is 10.1 Å². The molecule has 1 fully saturated rings. The minimum Gasteiger partial charge on any atom is -0.496 e. The van der Waals surface area contributed by atoms with Crippen LogP contribution in [0, 0.1) is 0 Å². The highest BCUT2D eigenvalue weighted by atomic mass is 32.1. The molecule has 1 atom stereocenters. The van der Waals surface area contributed by atoms with Gasteiger partial charge in [0.1, 0.15) is 16.9 Å². The lowest BCUT2D eigenvalue weighted by molar-refractivity contribution is -0.111. The molecule has 3 rings (SSSR count). The van der Waals surface area contributed by atoms with E-state index in [9.17, 15) is 4.79 Å². The van der Waals surface area contributed by atoms with Crippen LogP contribution in [0.5, 0.6) is 5.75 Å². The molecule has 120 valence electrons. The van der Waals surface area contributed by atoms with Gasteiger partial charge in [0.15, 0.2) is 0 Å². The van der Waals surface area contributed by atoms with Crippen molar-refractivity contribution in [1.29, 1.82) is 0 Å². The second-order valence-electron chi connectivity index (χ2n) is 5.01. The van der Waals surface area contributed by atoms with Gasteiger partial charge in [0.05, 0.1) is 7.11 Å². The van der Waals surface area contributed by atoms with Crippen molar-refractivity contribution in [2.45, 2.75) is 18.9 Å². The first-order valence-corrected chi connectivity index (χ1v) is 8.15. The molecule has 23 heavy (non-hydrogen) atoms. The van der Waals surface area contributed by atoms with Gasteiger partial charge >= 0.3 is 0 Å². The van der Waals surface area contributed by atoms with Gasteiger partial charge in [0.2, 0.25) is 11.0 Å². The molecule has 1 unspecified atom stereocenters. The molecule has 0 spiro atoms. The fourth-order valence-corrected chi connectivity index (χ4v) is 3.13. The maximum Gasteiger partial charge on any atom is 0.250 e. The number of carbonyl (C=O) groups is 1. The summed E-state index contributed by atoms with van der Waals surface area (Å²) in [6.07, 6.45) is 5.16. The number of nitrogens with zero attached hydrogens (tertiary/aromatic N) is 2. The van der Waals surface area contributed by atoms with E-state index in [1.807, 2.05) is 24.3 Å². The highest BCUT2D eigenvalue weighted by molar-refractivity contribution is 7.15. The molecule has 0 radical (unpaired) electrons. The number of nitrogens with one attached hydrogen (secondary N) is 1. The molecule has 2 heterocycles. The Morgan fingerprint density at radius 2 is 2.30 bits per heavy atom. The van der Waals surface area contributed by atoms with E-state index in [1.165, 1.54) is 17.4 Å². The fourth-order valence-electron chi connectivity index (χ4n) is 2.30. The molecule has 2 aromatic rings. The molecule has 6 nitrogen and oxygen atoms in total. The van der Waals surface area contributed by atoms with Crippen molar-refractivity contribution in [3.63, 3.8) is 0 Å². The summed E-state index contributed by atoms with van der Waals surface area (Å²) >= 11 is 1.35. The average Bonchev–Trinajstić information content (AvgIpc) is 3.24. The summed E-state index contributed by atoms with van der Waals surface area (Å²) in [6.45, 7) is 0.758. The quantitative estimate of drug-likeness (QED) is 0.853. The van der Waals surface area contributed by atoms with Crippen LogP contribution in [0.3, 0.4) is 0 Å². The van der Waals surface area contributed by atoms with Gasteiger partial charge in [-0.25, -0.2) is 0 Å². The van der Waals surface area contributed by atoms with Crippen molar-refractivity contribution in [1.82, 2.24) is 10.2 Å². The van der Waals surface area contributed by atoms with Crippen LogP contribution in [0.2, 0.25) is 0 Å². The van der Waals surface area contributed by atoms with Crippen LogP contribution in [0.1, 0.15) is 29.5 Å². The number of hydrogen-bond acceptors (Lipinski definition) is 6. The maximum atomic E-state index is 12.0. The van der Waals surface area contributed by atoms with E-state index in [4.69, 9.17) is 9.47 Å². The minimum absolute atomic E-state index is 0.0160. The van der Waals surface area contributed by atoms with Gasteiger partial charge < -0.3 is 9.47 Å². The van der Waals surface area contributed by atoms with Crippen molar-refractivity contribution in [3.8, 4) is 5.75 Å². The zero-order valence-corrected chi connectivity index (χ0v) is 13.5. The number of para-hydroxylation sites is 1. The summed E-state index contributed by atoms with van der Waals surface area (Å²) in [6, 6.07) is 7.49. The third-order valence-electron chi connectivity index (χ3n) is 3.43.